The molecule has 0 bridgehead atoms. The average Bonchev–Trinajstić information content (AvgIpc) is 1.55. The van der Waals surface area contributed by atoms with E-state index in [-0.39, 0.29) is 0 Å². The van der Waals surface area contributed by atoms with Crippen LogP contribution in [-0.2, 0) is 0 Å². The second kappa shape index (κ2) is 2.28. The van der Waals surface area contributed by atoms with E-state index in [9.17, 15) is 0 Å². The van der Waals surface area contributed by atoms with Crippen molar-refractivity contribution in [3.8, 4) is 0 Å². The highest BCUT2D eigenvalue weighted by molar-refractivity contribution is 4.73. The third kappa shape index (κ3) is 1.14. The molecule has 0 atom stereocenters. The lowest BCUT2D eigenvalue weighted by atomic mass is 10.0. The van der Waals surface area contributed by atoms with Crippen molar-refractivity contribution in [2.75, 3.05) is 19.7 Å². The molecule has 0 saturated carbocycles. The number of hydrogen-bond acceptors (Lipinski definition) is 2. The van der Waals surface area contributed by atoms with Crippen molar-refractivity contribution in [2.45, 2.75) is 6.42 Å². The van der Waals surface area contributed by atoms with Crippen LogP contribution in [0.15, 0.2) is 0 Å². The van der Waals surface area contributed by atoms with E-state index >= 15 is 0 Å². The van der Waals surface area contributed by atoms with Gasteiger partial charge in [0.25, 0.3) is 0 Å². The van der Waals surface area contributed by atoms with Gasteiger partial charge in [0, 0.05) is 6.61 Å². The lowest BCUT2D eigenvalue weighted by molar-refractivity contribution is 0.223. The van der Waals surface area contributed by atoms with Gasteiger partial charge in [-0.25, -0.2) is 0 Å². The highest BCUT2D eigenvalue weighted by Crippen LogP contribution is 2.05. The summed E-state index contributed by atoms with van der Waals surface area (Å²) in [4.78, 5) is 0. The maximum absolute atomic E-state index is 8.37. The van der Waals surface area contributed by atoms with E-state index in [4.69, 9.17) is 5.11 Å². The summed E-state index contributed by atoms with van der Waals surface area (Å²) in [6, 6.07) is 0. The van der Waals surface area contributed by atoms with Crippen LogP contribution in [0, 0.1) is 5.92 Å². The molecule has 2 N–H and O–H groups in total. The molecular formula is C5H11NO. The highest BCUT2D eigenvalue weighted by Gasteiger charge is 2.14. The molecule has 0 aromatic heterocycles. The summed E-state index contributed by atoms with van der Waals surface area (Å²) < 4.78 is 0. The molecular weight excluding hydrogens is 90.1 g/mol. The minimum absolute atomic E-state index is 0.354. The van der Waals surface area contributed by atoms with E-state index in [0.29, 0.717) is 6.61 Å². The smallest absolute Gasteiger partial charge is 0.0434 e. The minimum atomic E-state index is 0.354. The van der Waals surface area contributed by atoms with Crippen LogP contribution >= 0.6 is 0 Å². The summed E-state index contributed by atoms with van der Waals surface area (Å²) in [6.07, 6.45) is 0.979. The van der Waals surface area contributed by atoms with Crippen LogP contribution in [0.4, 0.5) is 0 Å². The molecule has 0 unspecified atom stereocenters. The van der Waals surface area contributed by atoms with Crippen LogP contribution < -0.4 is 5.32 Å². The van der Waals surface area contributed by atoms with Gasteiger partial charge in [0.05, 0.1) is 0 Å². The number of aliphatic hydroxyl groups excluding tert-OH is 1. The maximum atomic E-state index is 8.37. The fourth-order valence-electron chi connectivity index (χ4n) is 0.735. The van der Waals surface area contributed by atoms with Crippen molar-refractivity contribution in [3.05, 3.63) is 0 Å². The zero-order valence-corrected chi connectivity index (χ0v) is 4.35. The molecule has 2 heteroatoms. The molecule has 7 heavy (non-hydrogen) atoms. The first-order chi connectivity index (χ1) is 3.43. The Morgan fingerprint density at radius 3 is 2.43 bits per heavy atom. The topological polar surface area (TPSA) is 32.3 Å². The fraction of sp³-hybridized carbons (Fsp3) is 1.00. The van der Waals surface area contributed by atoms with E-state index in [1.54, 1.807) is 0 Å². The Hall–Kier alpha value is -0.0800. The van der Waals surface area contributed by atoms with Gasteiger partial charge >= 0.3 is 0 Å². The normalized spacial score (nSPS) is 21.9. The first kappa shape index (κ1) is 5.06. The molecule has 0 spiro atoms. The first-order valence-corrected chi connectivity index (χ1v) is 2.75. The Labute approximate surface area is 43.5 Å². The van der Waals surface area contributed by atoms with Crippen molar-refractivity contribution in [2.24, 2.45) is 5.92 Å². The molecule has 0 amide bonds. The summed E-state index contributed by atoms with van der Waals surface area (Å²) in [7, 11) is 0. The first-order valence-electron chi connectivity index (χ1n) is 2.75. The van der Waals surface area contributed by atoms with Crippen molar-refractivity contribution in [1.29, 1.82) is 0 Å². The van der Waals surface area contributed by atoms with E-state index in [0.717, 1.165) is 25.4 Å². The van der Waals surface area contributed by atoms with Gasteiger partial charge < -0.3 is 10.4 Å². The Kier molecular flexibility index (Phi) is 1.65. The standard InChI is InChI=1S/C5H11NO/c7-2-1-5-3-6-4-5/h5-7H,1-4H2. The molecule has 1 aliphatic rings. The molecule has 1 heterocycles. The van der Waals surface area contributed by atoms with Gasteiger partial charge in [-0.2, -0.15) is 0 Å². The third-order valence-electron chi connectivity index (χ3n) is 1.40. The van der Waals surface area contributed by atoms with Gasteiger partial charge in [-0.15, -0.1) is 0 Å². The van der Waals surface area contributed by atoms with Crippen LogP contribution in [0.5, 0.6) is 0 Å². The van der Waals surface area contributed by atoms with E-state index in [1.807, 2.05) is 0 Å². The van der Waals surface area contributed by atoms with E-state index in [2.05, 4.69) is 5.32 Å². The summed E-state index contributed by atoms with van der Waals surface area (Å²) in [5, 5.41) is 11.5. The number of rotatable bonds is 2. The van der Waals surface area contributed by atoms with E-state index in [1.165, 1.54) is 0 Å². The lowest BCUT2D eigenvalue weighted by Crippen LogP contribution is -2.42. The number of aliphatic hydroxyl groups is 1. The molecule has 1 saturated heterocycles. The SMILES string of the molecule is OCCC1CNC1. The highest BCUT2D eigenvalue weighted by atomic mass is 16.3. The largest absolute Gasteiger partial charge is 0.396 e. The Balaban J connectivity index is 1.93. The molecule has 0 aromatic carbocycles. The molecule has 0 aliphatic carbocycles. The third-order valence-corrected chi connectivity index (χ3v) is 1.40. The van der Waals surface area contributed by atoms with Gasteiger partial charge in [-0.1, -0.05) is 0 Å². The number of hydrogen-bond donors (Lipinski definition) is 2. The zero-order valence-electron chi connectivity index (χ0n) is 4.35. The molecule has 0 radical (unpaired) electrons. The van der Waals surface area contributed by atoms with Gasteiger partial charge in [0.1, 0.15) is 0 Å². The summed E-state index contributed by atoms with van der Waals surface area (Å²) in [5.41, 5.74) is 0. The van der Waals surface area contributed by atoms with Crippen molar-refractivity contribution in [3.63, 3.8) is 0 Å². The van der Waals surface area contributed by atoms with Crippen LogP contribution in [0.1, 0.15) is 6.42 Å². The van der Waals surface area contributed by atoms with Gasteiger partial charge in [0.2, 0.25) is 0 Å². The molecule has 1 fully saturated rings. The Bertz CT molecular complexity index is 52.0. The average molecular weight is 101 g/mol. The number of nitrogens with one attached hydrogen (secondary N) is 1. The van der Waals surface area contributed by atoms with Crippen LogP contribution in [0.2, 0.25) is 0 Å². The zero-order chi connectivity index (χ0) is 5.11. The second-order valence-corrected chi connectivity index (χ2v) is 2.04. The van der Waals surface area contributed by atoms with Gasteiger partial charge in [-0.3, -0.25) is 0 Å². The molecule has 2 nitrogen and oxygen atoms in total. The summed E-state index contributed by atoms with van der Waals surface area (Å²) in [5.74, 6) is 0.769. The van der Waals surface area contributed by atoms with Crippen LogP contribution in [-0.4, -0.2) is 24.8 Å². The lowest BCUT2D eigenvalue weighted by Gasteiger charge is -2.25. The molecule has 1 rings (SSSR count). The quantitative estimate of drug-likeness (QED) is 0.495. The summed E-state index contributed by atoms with van der Waals surface area (Å²) in [6.45, 7) is 2.58. The van der Waals surface area contributed by atoms with Crippen molar-refractivity contribution >= 4 is 0 Å². The molecule has 1 aliphatic heterocycles. The molecule has 0 aromatic rings. The monoisotopic (exact) mass is 101 g/mol. The fourth-order valence-corrected chi connectivity index (χ4v) is 0.735. The van der Waals surface area contributed by atoms with Crippen LogP contribution in [0.3, 0.4) is 0 Å². The minimum Gasteiger partial charge on any atom is -0.396 e. The molecule has 42 valence electrons. The predicted octanol–water partition coefficient (Wildman–Crippen LogP) is -0.412. The van der Waals surface area contributed by atoms with Crippen LogP contribution in [0.25, 0.3) is 0 Å². The van der Waals surface area contributed by atoms with Crippen molar-refractivity contribution < 1.29 is 5.11 Å². The van der Waals surface area contributed by atoms with Crippen molar-refractivity contribution in [1.82, 2.24) is 5.32 Å². The second-order valence-electron chi connectivity index (χ2n) is 2.04. The Morgan fingerprint density at radius 2 is 2.29 bits per heavy atom. The van der Waals surface area contributed by atoms with E-state index < -0.39 is 0 Å². The predicted molar refractivity (Wildman–Crippen MR) is 28.1 cm³/mol. The maximum Gasteiger partial charge on any atom is 0.0434 e. The summed E-state index contributed by atoms with van der Waals surface area (Å²) >= 11 is 0. The van der Waals surface area contributed by atoms with Gasteiger partial charge in [0.15, 0.2) is 0 Å². The Morgan fingerprint density at radius 1 is 1.57 bits per heavy atom. The van der Waals surface area contributed by atoms with Gasteiger partial charge in [-0.05, 0) is 25.4 Å².